The van der Waals surface area contributed by atoms with Gasteiger partial charge in [-0.2, -0.15) is 0 Å². The fraction of sp³-hybridized carbons (Fsp3) is 0.310. The third-order valence-corrected chi connectivity index (χ3v) is 9.77. The van der Waals surface area contributed by atoms with Crippen LogP contribution in [0.1, 0.15) is 81.8 Å². The standard InChI is InChI=1S/C42H44N2O5S/c1-2-35(45)22-14-3-4-15-23-38(46)43-34-26-24-30(25-27-34)37-28-36(47-41(48-37)33-20-12-7-13-21-33)29-50-42-44-39(31-16-8-5-9-17-31)40(49-42)32-18-10-6-11-19-32/h5-13,16-21,24-27,36-37,41H,2-4,14-15,22-23,28-29H2,1H3,(H,43,46). The summed E-state index contributed by atoms with van der Waals surface area (Å²) < 4.78 is 19.4. The molecule has 50 heavy (non-hydrogen) atoms. The molecule has 1 aliphatic rings. The molecule has 0 saturated carbocycles. The lowest BCUT2D eigenvalue weighted by Gasteiger charge is -2.36. The molecule has 0 bridgehead atoms. The number of ketones is 1. The number of carbonyl (C=O) groups is 2. The first-order chi connectivity index (χ1) is 24.6. The Balaban J connectivity index is 1.10. The van der Waals surface area contributed by atoms with Gasteiger partial charge in [0.05, 0.1) is 12.2 Å². The van der Waals surface area contributed by atoms with Gasteiger partial charge in [-0.25, -0.2) is 4.98 Å². The Hall–Kier alpha value is -4.50. The van der Waals surface area contributed by atoms with Crippen LogP contribution < -0.4 is 5.32 Å². The molecule has 1 aliphatic heterocycles. The first-order valence-electron chi connectivity index (χ1n) is 17.6. The van der Waals surface area contributed by atoms with Crippen LogP contribution in [0.25, 0.3) is 22.6 Å². The highest BCUT2D eigenvalue weighted by Gasteiger charge is 2.33. The third-order valence-electron chi connectivity index (χ3n) is 8.81. The van der Waals surface area contributed by atoms with Crippen molar-refractivity contribution < 1.29 is 23.5 Å². The zero-order valence-electron chi connectivity index (χ0n) is 28.5. The summed E-state index contributed by atoms with van der Waals surface area (Å²) in [6.45, 7) is 1.90. The summed E-state index contributed by atoms with van der Waals surface area (Å²) >= 11 is 1.55. The molecule has 1 fully saturated rings. The molecule has 7 nitrogen and oxygen atoms in total. The second-order valence-electron chi connectivity index (χ2n) is 12.5. The summed E-state index contributed by atoms with van der Waals surface area (Å²) in [4.78, 5) is 29.0. The molecule has 5 aromatic rings. The number of Topliss-reactive ketones (excluding diaryl/α,β-unsaturated/α-hetero) is 1. The van der Waals surface area contributed by atoms with Crippen molar-refractivity contribution in [1.82, 2.24) is 4.98 Å². The number of hydrogen-bond donors (Lipinski definition) is 1. The van der Waals surface area contributed by atoms with Crippen LogP contribution in [0.15, 0.2) is 125 Å². The summed E-state index contributed by atoms with van der Waals surface area (Å²) in [5.41, 5.74) is 5.55. The number of thioether (sulfide) groups is 1. The first kappa shape index (κ1) is 35.3. The molecule has 2 heterocycles. The quantitative estimate of drug-likeness (QED) is 0.0815. The maximum absolute atomic E-state index is 12.6. The molecule has 1 aromatic heterocycles. The van der Waals surface area contributed by atoms with E-state index in [1.54, 1.807) is 11.8 Å². The maximum atomic E-state index is 12.6. The largest absolute Gasteiger partial charge is 0.431 e. The van der Waals surface area contributed by atoms with Gasteiger partial charge in [0.1, 0.15) is 11.5 Å². The van der Waals surface area contributed by atoms with Crippen molar-refractivity contribution in [2.45, 2.75) is 82.0 Å². The molecule has 0 spiro atoms. The average molecular weight is 689 g/mol. The van der Waals surface area contributed by atoms with Gasteiger partial charge in [0, 0.05) is 53.8 Å². The van der Waals surface area contributed by atoms with Gasteiger partial charge in [0.15, 0.2) is 12.1 Å². The number of nitrogens with one attached hydrogen (secondary N) is 1. The number of unbranched alkanes of at least 4 members (excludes halogenated alkanes) is 3. The van der Waals surface area contributed by atoms with Crippen molar-refractivity contribution in [3.63, 3.8) is 0 Å². The monoisotopic (exact) mass is 688 g/mol. The number of benzene rings is 4. The van der Waals surface area contributed by atoms with Crippen molar-refractivity contribution in [3.8, 4) is 22.6 Å². The van der Waals surface area contributed by atoms with Crippen molar-refractivity contribution in [3.05, 3.63) is 126 Å². The van der Waals surface area contributed by atoms with E-state index in [2.05, 4.69) is 5.32 Å². The molecule has 0 aliphatic carbocycles. The lowest BCUT2D eigenvalue weighted by Crippen LogP contribution is -2.31. The van der Waals surface area contributed by atoms with Crippen LogP contribution in [0, 0.1) is 0 Å². The fourth-order valence-electron chi connectivity index (χ4n) is 6.04. The van der Waals surface area contributed by atoms with Crippen LogP contribution >= 0.6 is 11.8 Å². The molecular formula is C42H44N2O5S. The Morgan fingerprint density at radius 1 is 0.740 bits per heavy atom. The number of amides is 1. The molecule has 1 saturated heterocycles. The second-order valence-corrected chi connectivity index (χ2v) is 13.5. The van der Waals surface area contributed by atoms with Crippen LogP contribution in [0.2, 0.25) is 0 Å². The molecule has 258 valence electrons. The highest BCUT2D eigenvalue weighted by molar-refractivity contribution is 7.99. The molecular weight excluding hydrogens is 645 g/mol. The molecule has 4 aromatic carbocycles. The van der Waals surface area contributed by atoms with Crippen LogP contribution in [0.4, 0.5) is 5.69 Å². The maximum Gasteiger partial charge on any atom is 0.256 e. The van der Waals surface area contributed by atoms with E-state index in [0.29, 0.717) is 42.4 Å². The van der Waals surface area contributed by atoms with Crippen molar-refractivity contribution in [2.24, 2.45) is 0 Å². The topological polar surface area (TPSA) is 90.7 Å². The average Bonchev–Trinajstić information content (AvgIpc) is 3.61. The zero-order chi connectivity index (χ0) is 34.5. The van der Waals surface area contributed by atoms with Crippen LogP contribution in [0.3, 0.4) is 0 Å². The molecule has 3 atom stereocenters. The highest BCUT2D eigenvalue weighted by atomic mass is 32.2. The predicted molar refractivity (Wildman–Crippen MR) is 199 cm³/mol. The van der Waals surface area contributed by atoms with Gasteiger partial charge in [0.2, 0.25) is 5.91 Å². The Kier molecular flexibility index (Phi) is 12.7. The van der Waals surface area contributed by atoms with E-state index in [4.69, 9.17) is 18.9 Å². The normalized spacial score (nSPS) is 17.3. The minimum Gasteiger partial charge on any atom is -0.431 e. The second kappa shape index (κ2) is 17.9. The lowest BCUT2D eigenvalue weighted by atomic mass is 10.0. The van der Waals surface area contributed by atoms with Gasteiger partial charge >= 0.3 is 0 Å². The predicted octanol–water partition coefficient (Wildman–Crippen LogP) is 10.6. The van der Waals surface area contributed by atoms with E-state index in [0.717, 1.165) is 65.1 Å². The molecule has 1 N–H and O–H groups in total. The van der Waals surface area contributed by atoms with E-state index in [-0.39, 0.29) is 18.1 Å². The van der Waals surface area contributed by atoms with E-state index >= 15 is 0 Å². The highest BCUT2D eigenvalue weighted by Crippen LogP contribution is 2.41. The van der Waals surface area contributed by atoms with E-state index < -0.39 is 6.29 Å². The zero-order valence-corrected chi connectivity index (χ0v) is 29.3. The van der Waals surface area contributed by atoms with Gasteiger partial charge in [-0.3, -0.25) is 9.59 Å². The number of carbonyl (C=O) groups excluding carboxylic acids is 2. The van der Waals surface area contributed by atoms with E-state index in [1.807, 2.05) is 122 Å². The Bertz CT molecular complexity index is 1740. The first-order valence-corrected chi connectivity index (χ1v) is 18.6. The number of hydrogen-bond acceptors (Lipinski definition) is 7. The summed E-state index contributed by atoms with van der Waals surface area (Å²) in [6, 6.07) is 38.1. The summed E-state index contributed by atoms with van der Waals surface area (Å²) in [6.07, 6.45) is 5.16. The van der Waals surface area contributed by atoms with Gasteiger partial charge < -0.3 is 19.2 Å². The number of rotatable bonds is 16. The van der Waals surface area contributed by atoms with E-state index in [9.17, 15) is 9.59 Å². The summed E-state index contributed by atoms with van der Waals surface area (Å²) in [5.74, 6) is 1.70. The number of aromatic nitrogens is 1. The van der Waals surface area contributed by atoms with Gasteiger partial charge in [-0.05, 0) is 30.5 Å². The van der Waals surface area contributed by atoms with E-state index in [1.165, 1.54) is 0 Å². The number of ether oxygens (including phenoxy) is 2. The van der Waals surface area contributed by atoms with Crippen molar-refractivity contribution in [1.29, 1.82) is 0 Å². The number of nitrogens with zero attached hydrogens (tertiary/aromatic N) is 1. The van der Waals surface area contributed by atoms with Gasteiger partial charge in [-0.15, -0.1) is 0 Å². The summed E-state index contributed by atoms with van der Waals surface area (Å²) in [5, 5.41) is 3.62. The van der Waals surface area contributed by atoms with Gasteiger partial charge in [0.25, 0.3) is 5.22 Å². The summed E-state index contributed by atoms with van der Waals surface area (Å²) in [7, 11) is 0. The van der Waals surface area contributed by atoms with Crippen LogP contribution in [-0.4, -0.2) is 28.5 Å². The van der Waals surface area contributed by atoms with Crippen molar-refractivity contribution >= 4 is 29.1 Å². The third kappa shape index (κ3) is 9.81. The Labute approximate surface area is 298 Å². The number of oxazole rings is 1. The fourth-order valence-corrected chi connectivity index (χ4v) is 6.88. The smallest absolute Gasteiger partial charge is 0.256 e. The minimum atomic E-state index is -0.524. The lowest BCUT2D eigenvalue weighted by molar-refractivity contribution is -0.245. The number of anilines is 1. The molecule has 0 radical (unpaired) electrons. The molecule has 8 heteroatoms. The SMILES string of the molecule is CCC(=O)CCCCCCC(=O)Nc1ccc(C2CC(CSc3nc(-c4ccccc4)c(-c4ccccc4)o3)OC(c3ccccc3)O2)cc1. The Morgan fingerprint density at radius 3 is 2.06 bits per heavy atom. The Morgan fingerprint density at radius 2 is 1.38 bits per heavy atom. The van der Waals surface area contributed by atoms with Crippen LogP contribution in [-0.2, 0) is 19.1 Å². The molecule has 1 amide bonds. The van der Waals surface area contributed by atoms with Gasteiger partial charge in [-0.1, -0.05) is 135 Å². The molecule has 6 rings (SSSR count). The van der Waals surface area contributed by atoms with Crippen molar-refractivity contribution in [2.75, 3.05) is 11.1 Å². The minimum absolute atomic E-state index is 0.00307. The molecule has 3 unspecified atom stereocenters. The van der Waals surface area contributed by atoms with Crippen LogP contribution in [0.5, 0.6) is 0 Å².